The Hall–Kier alpha value is -3.84. The second-order valence-corrected chi connectivity index (χ2v) is 11.0. The maximum atomic E-state index is 14.0. The minimum Gasteiger partial charge on any atom is -0.390 e. The maximum Gasteiger partial charge on any atom is 0.240 e. The van der Waals surface area contributed by atoms with E-state index >= 15 is 0 Å². The summed E-state index contributed by atoms with van der Waals surface area (Å²) in [6.07, 6.45) is -0.371. The summed E-state index contributed by atoms with van der Waals surface area (Å²) in [4.78, 5) is 29.1. The molecular weight excluding hydrogens is 506 g/mol. The fourth-order valence-corrected chi connectivity index (χ4v) is 6.99. The molecule has 4 aromatic rings. The van der Waals surface area contributed by atoms with Gasteiger partial charge in [0.05, 0.1) is 40.3 Å². The van der Waals surface area contributed by atoms with Gasteiger partial charge in [-0.1, -0.05) is 47.1 Å². The number of aromatic nitrogens is 3. The number of amides is 2. The fraction of sp³-hybridized carbons (Fsp3) is 0.321. The van der Waals surface area contributed by atoms with Crippen molar-refractivity contribution in [2.75, 3.05) is 4.90 Å². The molecule has 38 heavy (non-hydrogen) atoms. The van der Waals surface area contributed by atoms with Crippen molar-refractivity contribution in [3.8, 4) is 6.07 Å². The molecule has 4 heterocycles. The zero-order chi connectivity index (χ0) is 26.4. The van der Waals surface area contributed by atoms with Crippen molar-refractivity contribution in [1.29, 1.82) is 5.26 Å². The number of rotatable bonds is 4. The highest BCUT2D eigenvalue weighted by atomic mass is 35.5. The number of hydrogen-bond acceptors (Lipinski definition) is 7. The third-order valence-electron chi connectivity index (χ3n) is 8.60. The summed E-state index contributed by atoms with van der Waals surface area (Å²) in [5.41, 5.74) is -0.323. The van der Waals surface area contributed by atoms with Gasteiger partial charge in [-0.25, -0.2) is 9.58 Å². The van der Waals surface area contributed by atoms with Gasteiger partial charge in [-0.05, 0) is 43.0 Å². The first kappa shape index (κ1) is 23.3. The van der Waals surface area contributed by atoms with Crippen LogP contribution >= 0.6 is 11.6 Å². The molecule has 10 heteroatoms. The molecule has 0 saturated carbocycles. The lowest BCUT2D eigenvalue weighted by Gasteiger charge is -2.33. The summed E-state index contributed by atoms with van der Waals surface area (Å²) in [6.45, 7) is 2.05. The minimum atomic E-state index is -1.22. The number of imide groups is 1. The number of aliphatic hydroxyl groups is 1. The second kappa shape index (κ2) is 7.84. The summed E-state index contributed by atoms with van der Waals surface area (Å²) < 4.78 is 8.14. The lowest BCUT2D eigenvalue weighted by atomic mass is 9.66. The number of hydrogen-bond donors (Lipinski definition) is 1. The number of carbonyl (C=O) groups is 2. The molecule has 2 bridgehead atoms. The highest BCUT2D eigenvalue weighted by molar-refractivity contribution is 6.31. The number of aryl methyl sites for hydroxylation is 1. The lowest BCUT2D eigenvalue weighted by Crippen LogP contribution is -2.49. The fourth-order valence-electron chi connectivity index (χ4n) is 6.82. The van der Waals surface area contributed by atoms with Crippen LogP contribution in [0.1, 0.15) is 25.3 Å². The van der Waals surface area contributed by atoms with Crippen molar-refractivity contribution in [1.82, 2.24) is 15.0 Å². The number of nitrogens with zero attached hydrogens (tertiary/aromatic N) is 5. The van der Waals surface area contributed by atoms with E-state index in [1.807, 2.05) is 18.2 Å². The molecule has 3 saturated heterocycles. The van der Waals surface area contributed by atoms with Crippen LogP contribution in [0.15, 0.2) is 54.6 Å². The van der Waals surface area contributed by atoms with E-state index in [0.29, 0.717) is 28.9 Å². The molecule has 0 aliphatic carbocycles. The molecule has 3 aliphatic rings. The molecule has 9 nitrogen and oxygen atoms in total. The van der Waals surface area contributed by atoms with Crippen LogP contribution in [-0.2, 0) is 20.9 Å². The van der Waals surface area contributed by atoms with Gasteiger partial charge in [0, 0.05) is 23.4 Å². The topological polar surface area (TPSA) is 121 Å². The molecule has 3 fully saturated rings. The Kier molecular flexibility index (Phi) is 4.80. The lowest BCUT2D eigenvalue weighted by molar-refractivity contribution is -0.133. The van der Waals surface area contributed by atoms with Crippen LogP contribution < -0.4 is 4.90 Å². The third-order valence-corrected chi connectivity index (χ3v) is 8.83. The molecule has 3 aromatic carbocycles. The van der Waals surface area contributed by atoms with Crippen LogP contribution in [0.2, 0.25) is 5.02 Å². The summed E-state index contributed by atoms with van der Waals surface area (Å²) in [5, 5.41) is 31.6. The van der Waals surface area contributed by atoms with E-state index in [9.17, 15) is 20.0 Å². The van der Waals surface area contributed by atoms with Crippen LogP contribution in [-0.4, -0.2) is 49.2 Å². The van der Waals surface area contributed by atoms with Crippen molar-refractivity contribution >= 4 is 50.9 Å². The zero-order valence-electron chi connectivity index (χ0n) is 20.3. The number of fused-ring (bicyclic) bond motifs is 7. The largest absolute Gasteiger partial charge is 0.390 e. The van der Waals surface area contributed by atoms with Gasteiger partial charge >= 0.3 is 0 Å². The monoisotopic (exact) mass is 527 g/mol. The molecule has 7 rings (SSSR count). The average Bonchev–Trinajstić information content (AvgIpc) is 3.58. The Morgan fingerprint density at radius 2 is 1.95 bits per heavy atom. The first-order chi connectivity index (χ1) is 18.3. The van der Waals surface area contributed by atoms with Crippen molar-refractivity contribution in [3.05, 3.63) is 65.2 Å². The minimum absolute atomic E-state index is 0.216. The molecule has 1 aromatic heterocycles. The summed E-state index contributed by atoms with van der Waals surface area (Å²) in [7, 11) is 0. The van der Waals surface area contributed by atoms with Gasteiger partial charge in [0.25, 0.3) is 0 Å². The first-order valence-electron chi connectivity index (χ1n) is 12.4. The predicted octanol–water partition coefficient (Wildman–Crippen LogP) is 3.60. The smallest absolute Gasteiger partial charge is 0.240 e. The van der Waals surface area contributed by atoms with Crippen LogP contribution in [0.4, 0.5) is 5.69 Å². The maximum absolute atomic E-state index is 14.0. The van der Waals surface area contributed by atoms with Crippen LogP contribution in [0.3, 0.4) is 0 Å². The molecule has 5 atom stereocenters. The van der Waals surface area contributed by atoms with Crippen LogP contribution in [0.5, 0.6) is 0 Å². The average molecular weight is 528 g/mol. The van der Waals surface area contributed by atoms with Crippen molar-refractivity contribution in [3.63, 3.8) is 0 Å². The van der Waals surface area contributed by atoms with E-state index in [0.717, 1.165) is 15.8 Å². The number of carbonyl (C=O) groups excluding carboxylic acids is 2. The number of nitriles is 1. The Morgan fingerprint density at radius 1 is 1.16 bits per heavy atom. The molecular formula is C28H22ClN5O4. The molecule has 2 amide bonds. The SMILES string of the molecule is CC12OC(CCn3nnc4ccc(Cl)cc43)(CC1O)C1C(=O)N(c3ccc4ccccc4c3C#N)C(=O)C12. The van der Waals surface area contributed by atoms with Gasteiger partial charge in [0.2, 0.25) is 11.8 Å². The van der Waals surface area contributed by atoms with E-state index in [4.69, 9.17) is 16.3 Å². The van der Waals surface area contributed by atoms with Crippen molar-refractivity contribution < 1.29 is 19.4 Å². The van der Waals surface area contributed by atoms with Crippen LogP contribution in [0, 0.1) is 23.2 Å². The normalized spacial score (nSPS) is 29.9. The molecule has 0 radical (unpaired) electrons. The summed E-state index contributed by atoms with van der Waals surface area (Å²) >= 11 is 6.18. The van der Waals surface area contributed by atoms with E-state index in [2.05, 4.69) is 16.4 Å². The Morgan fingerprint density at radius 3 is 2.76 bits per heavy atom. The zero-order valence-corrected chi connectivity index (χ0v) is 21.1. The first-order valence-corrected chi connectivity index (χ1v) is 12.8. The molecule has 3 aliphatic heterocycles. The van der Waals surface area contributed by atoms with E-state index in [1.165, 1.54) is 0 Å². The standard InChI is InChI=1S/C28H22ClN5O4/c1-27-22(35)13-28(38-27,10-11-33-21-12-16(29)7-8-19(21)31-32-33)24-23(27)25(36)34(26(24)37)20-9-6-15-4-2-3-5-17(15)18(20)14-30/h2-9,12,22-24,35H,10-11,13H2,1H3. The predicted molar refractivity (Wildman–Crippen MR) is 138 cm³/mol. The van der Waals surface area contributed by atoms with E-state index < -0.39 is 41.0 Å². The number of benzene rings is 3. The number of halogens is 1. The van der Waals surface area contributed by atoms with E-state index in [1.54, 1.807) is 48.0 Å². The second-order valence-electron chi connectivity index (χ2n) is 10.5. The van der Waals surface area contributed by atoms with Gasteiger partial charge in [-0.15, -0.1) is 5.10 Å². The number of anilines is 1. The summed E-state index contributed by atoms with van der Waals surface area (Å²) in [5.74, 6) is -2.51. The Labute approximate surface area is 222 Å². The Balaban J connectivity index is 1.29. The van der Waals surface area contributed by atoms with Gasteiger partial charge in [-0.3, -0.25) is 9.59 Å². The Bertz CT molecular complexity index is 1730. The van der Waals surface area contributed by atoms with Crippen molar-refractivity contribution in [2.24, 2.45) is 11.8 Å². The molecule has 5 unspecified atom stereocenters. The van der Waals surface area contributed by atoms with E-state index in [-0.39, 0.29) is 17.7 Å². The highest BCUT2D eigenvalue weighted by Crippen LogP contribution is 2.62. The number of aliphatic hydroxyl groups excluding tert-OH is 1. The van der Waals surface area contributed by atoms with Gasteiger partial charge in [0.15, 0.2) is 0 Å². The van der Waals surface area contributed by atoms with Crippen LogP contribution in [0.25, 0.3) is 21.8 Å². The quantitative estimate of drug-likeness (QED) is 0.402. The summed E-state index contributed by atoms with van der Waals surface area (Å²) in [6, 6.07) is 18.3. The molecule has 190 valence electrons. The third kappa shape index (κ3) is 2.93. The van der Waals surface area contributed by atoms with Gasteiger partial charge in [0.1, 0.15) is 17.2 Å². The van der Waals surface area contributed by atoms with Crippen molar-refractivity contribution in [2.45, 2.75) is 43.6 Å². The van der Waals surface area contributed by atoms with Gasteiger partial charge in [-0.2, -0.15) is 5.26 Å². The molecule has 0 spiro atoms. The highest BCUT2D eigenvalue weighted by Gasteiger charge is 2.77. The van der Waals surface area contributed by atoms with Gasteiger partial charge < -0.3 is 9.84 Å². The molecule has 1 N–H and O–H groups in total. The number of ether oxygens (including phenoxy) is 1.